The van der Waals surface area contributed by atoms with Gasteiger partial charge in [0.2, 0.25) is 0 Å². The predicted octanol–water partition coefficient (Wildman–Crippen LogP) is 5.85. The van der Waals surface area contributed by atoms with E-state index in [1.165, 1.54) is 0 Å². The number of H-pyrrole nitrogens is 2. The van der Waals surface area contributed by atoms with Crippen LogP contribution in [0.5, 0.6) is 6.01 Å². The molecule has 0 atom stereocenters. The number of nitrogens with zero attached hydrogens (tertiary/aromatic N) is 6. The van der Waals surface area contributed by atoms with Gasteiger partial charge in [-0.25, -0.2) is 19.9 Å². The normalized spacial score (nSPS) is 13.9. The molecule has 0 aliphatic carbocycles. The van der Waals surface area contributed by atoms with Crippen molar-refractivity contribution in [2.75, 3.05) is 0 Å². The van der Waals surface area contributed by atoms with Gasteiger partial charge in [0.15, 0.2) is 23.1 Å². The Bertz CT molecular complexity index is 2110. The standard InChI is InChI=1S/C29H20N8O/c1-29(2)27-35-25-19-13-7-5-11-17(19)23(33-25)31-21-15-9-3-4-10-16(15)22(30-21)32-24-18-12-6-8-14-20(18)26(34-24)36-28(37-27)38-29/h3-14H,1-2H3,(H2,30,31,32,33,34,35,36,37). The van der Waals surface area contributed by atoms with Crippen LogP contribution in [0.15, 0.2) is 72.8 Å². The summed E-state index contributed by atoms with van der Waals surface area (Å²) in [5.74, 6) is 1.57. The van der Waals surface area contributed by atoms with E-state index in [2.05, 4.69) is 15.0 Å². The number of hydrogen-bond donors (Lipinski definition) is 2. The van der Waals surface area contributed by atoms with Gasteiger partial charge in [-0.2, -0.15) is 9.97 Å². The van der Waals surface area contributed by atoms with Crippen LogP contribution in [0.3, 0.4) is 0 Å². The topological polar surface area (TPSA) is 118 Å². The first-order chi connectivity index (χ1) is 18.5. The zero-order chi connectivity index (χ0) is 25.4. The Morgan fingerprint density at radius 1 is 0.526 bits per heavy atom. The van der Waals surface area contributed by atoms with Crippen molar-refractivity contribution in [1.82, 2.24) is 39.9 Å². The third-order valence-electron chi connectivity index (χ3n) is 6.92. The van der Waals surface area contributed by atoms with E-state index >= 15 is 0 Å². The Kier molecular flexibility index (Phi) is 4.09. The zero-order valence-corrected chi connectivity index (χ0v) is 20.5. The summed E-state index contributed by atoms with van der Waals surface area (Å²) in [4.78, 5) is 35.9. The van der Waals surface area contributed by atoms with Crippen molar-refractivity contribution in [3.05, 3.63) is 78.6 Å². The van der Waals surface area contributed by atoms with E-state index in [0.29, 0.717) is 40.1 Å². The van der Waals surface area contributed by atoms with Gasteiger partial charge < -0.3 is 14.7 Å². The number of aromatic amines is 2. The SMILES string of the molecule is CC1(C)Oc2nc3nc(nc4[nH]c(nc5[nH]c(nc1n2)c1ccccc51)c1ccccc41)-c1ccccc1-3. The maximum atomic E-state index is 6.13. The van der Waals surface area contributed by atoms with Gasteiger partial charge in [0.1, 0.15) is 22.6 Å². The van der Waals surface area contributed by atoms with Gasteiger partial charge >= 0.3 is 6.01 Å². The van der Waals surface area contributed by atoms with Crippen LogP contribution >= 0.6 is 0 Å². The minimum absolute atomic E-state index is 0.212. The van der Waals surface area contributed by atoms with Crippen LogP contribution in [0.25, 0.3) is 66.9 Å². The highest BCUT2D eigenvalue weighted by atomic mass is 16.5. The number of ether oxygens (including phenoxy) is 1. The molecule has 0 saturated heterocycles. The molecule has 8 bridgehead atoms. The average Bonchev–Trinajstić information content (AvgIpc) is 3.63. The van der Waals surface area contributed by atoms with Gasteiger partial charge in [0.05, 0.1) is 0 Å². The summed E-state index contributed by atoms with van der Waals surface area (Å²) in [5, 5.41) is 3.80. The molecule has 5 heterocycles. The fourth-order valence-electron chi connectivity index (χ4n) is 5.05. The van der Waals surface area contributed by atoms with Gasteiger partial charge in [-0.15, -0.1) is 0 Å². The van der Waals surface area contributed by atoms with Crippen LogP contribution in [-0.4, -0.2) is 39.9 Å². The van der Waals surface area contributed by atoms with E-state index in [9.17, 15) is 0 Å². The Morgan fingerprint density at radius 3 is 1.58 bits per heavy atom. The second-order valence-corrected chi connectivity index (χ2v) is 9.82. The lowest BCUT2D eigenvalue weighted by molar-refractivity contribution is 0.115. The van der Waals surface area contributed by atoms with E-state index in [4.69, 9.17) is 29.7 Å². The highest BCUT2D eigenvalue weighted by molar-refractivity contribution is 6.07. The molecule has 2 N–H and O–H groups in total. The number of nitrogens with one attached hydrogen (secondary N) is 2. The smallest absolute Gasteiger partial charge is 0.321 e. The van der Waals surface area contributed by atoms with E-state index in [1.807, 2.05) is 86.6 Å². The number of aromatic nitrogens is 8. The molecular weight excluding hydrogens is 476 g/mol. The molecule has 38 heavy (non-hydrogen) atoms. The fraction of sp³-hybridized carbons (Fsp3) is 0.103. The molecule has 6 aromatic rings. The average molecular weight is 497 g/mol. The van der Waals surface area contributed by atoms with Crippen molar-refractivity contribution in [2.24, 2.45) is 0 Å². The Morgan fingerprint density at radius 2 is 1.00 bits per heavy atom. The molecule has 0 spiro atoms. The maximum absolute atomic E-state index is 6.13. The van der Waals surface area contributed by atoms with Crippen LogP contribution in [0, 0.1) is 0 Å². The largest absolute Gasteiger partial charge is 0.449 e. The number of rotatable bonds is 0. The first-order valence-corrected chi connectivity index (χ1v) is 12.3. The number of benzene rings is 3. The minimum atomic E-state index is -0.782. The van der Waals surface area contributed by atoms with Crippen molar-refractivity contribution in [3.8, 4) is 28.8 Å². The highest BCUT2D eigenvalue weighted by Gasteiger charge is 2.33. The summed E-state index contributed by atoms with van der Waals surface area (Å²) >= 11 is 0. The van der Waals surface area contributed by atoms with Crippen molar-refractivity contribution in [1.29, 1.82) is 0 Å². The van der Waals surface area contributed by atoms with Crippen molar-refractivity contribution < 1.29 is 4.74 Å². The minimum Gasteiger partial charge on any atom is -0.449 e. The molecule has 9 heteroatoms. The van der Waals surface area contributed by atoms with E-state index in [1.54, 1.807) is 0 Å². The molecule has 3 aromatic heterocycles. The van der Waals surface area contributed by atoms with Gasteiger partial charge in [-0.1, -0.05) is 72.8 Å². The summed E-state index contributed by atoms with van der Waals surface area (Å²) in [6, 6.07) is 24.2. The van der Waals surface area contributed by atoms with E-state index in [0.717, 1.165) is 32.7 Å². The third kappa shape index (κ3) is 3.05. The fourth-order valence-corrected chi connectivity index (χ4v) is 5.05. The molecule has 0 fully saturated rings. The Labute approximate surface area is 215 Å². The molecule has 0 unspecified atom stereocenters. The monoisotopic (exact) mass is 496 g/mol. The molecule has 3 aromatic carbocycles. The van der Waals surface area contributed by atoms with Gasteiger partial charge in [0, 0.05) is 32.7 Å². The summed E-state index contributed by atoms with van der Waals surface area (Å²) in [6.45, 7) is 3.85. The summed E-state index contributed by atoms with van der Waals surface area (Å²) in [7, 11) is 0. The highest BCUT2D eigenvalue weighted by Crippen LogP contribution is 2.36. The first-order valence-electron chi connectivity index (χ1n) is 12.3. The molecule has 0 radical (unpaired) electrons. The predicted molar refractivity (Wildman–Crippen MR) is 145 cm³/mol. The molecular formula is C29H20N8O. The lowest BCUT2D eigenvalue weighted by Gasteiger charge is -2.15. The lowest BCUT2D eigenvalue weighted by atomic mass is 10.1. The lowest BCUT2D eigenvalue weighted by Crippen LogP contribution is -2.22. The maximum Gasteiger partial charge on any atom is 0.321 e. The molecule has 2 aliphatic rings. The van der Waals surface area contributed by atoms with Crippen LogP contribution in [0.1, 0.15) is 19.7 Å². The zero-order valence-electron chi connectivity index (χ0n) is 20.5. The molecule has 9 nitrogen and oxygen atoms in total. The summed E-state index contributed by atoms with van der Waals surface area (Å²) in [6.07, 6.45) is 0. The van der Waals surface area contributed by atoms with Crippen LogP contribution in [0.4, 0.5) is 0 Å². The quantitative estimate of drug-likeness (QED) is 0.270. The van der Waals surface area contributed by atoms with E-state index in [-0.39, 0.29) is 6.01 Å². The molecule has 0 amide bonds. The number of fused-ring (bicyclic) bond motifs is 17. The molecule has 182 valence electrons. The van der Waals surface area contributed by atoms with Gasteiger partial charge in [-0.3, -0.25) is 0 Å². The summed E-state index contributed by atoms with van der Waals surface area (Å²) in [5.41, 5.74) is 3.69. The van der Waals surface area contributed by atoms with Crippen molar-refractivity contribution in [3.63, 3.8) is 0 Å². The first kappa shape index (κ1) is 21.0. The van der Waals surface area contributed by atoms with Crippen LogP contribution in [-0.2, 0) is 5.60 Å². The van der Waals surface area contributed by atoms with Gasteiger partial charge in [-0.05, 0) is 13.8 Å². The molecule has 2 aliphatic heterocycles. The number of hydrogen-bond acceptors (Lipinski definition) is 7. The summed E-state index contributed by atoms with van der Waals surface area (Å²) < 4.78 is 6.13. The van der Waals surface area contributed by atoms with Crippen molar-refractivity contribution >= 4 is 44.1 Å². The van der Waals surface area contributed by atoms with Gasteiger partial charge in [0.25, 0.3) is 0 Å². The second-order valence-electron chi connectivity index (χ2n) is 9.82. The van der Waals surface area contributed by atoms with E-state index < -0.39 is 5.60 Å². The van der Waals surface area contributed by atoms with Crippen molar-refractivity contribution in [2.45, 2.75) is 19.4 Å². The molecule has 0 saturated carbocycles. The third-order valence-corrected chi connectivity index (χ3v) is 6.92. The Hall–Kier alpha value is -5.18. The van der Waals surface area contributed by atoms with Crippen LogP contribution < -0.4 is 4.74 Å². The molecule has 8 rings (SSSR count). The second kappa shape index (κ2) is 7.42. The van der Waals surface area contributed by atoms with Crippen LogP contribution in [0.2, 0.25) is 0 Å². The Balaban J connectivity index is 1.59.